The van der Waals surface area contributed by atoms with Crippen molar-refractivity contribution in [2.45, 2.75) is 0 Å². The van der Waals surface area contributed by atoms with E-state index < -0.39 is 0 Å². The van der Waals surface area contributed by atoms with Crippen molar-refractivity contribution in [1.29, 1.82) is 0 Å². The predicted octanol–water partition coefficient (Wildman–Crippen LogP) is 2.16. The molecule has 0 amide bonds. The maximum Gasteiger partial charge on any atom is 0.155 e. The fourth-order valence-electron chi connectivity index (χ4n) is 2.87. The van der Waals surface area contributed by atoms with E-state index in [1.807, 2.05) is 42.7 Å². The minimum Gasteiger partial charge on any atom is -0.368 e. The van der Waals surface area contributed by atoms with E-state index in [0.717, 1.165) is 49.3 Å². The monoisotopic (exact) mass is 335 g/mol. The van der Waals surface area contributed by atoms with Gasteiger partial charge >= 0.3 is 0 Å². The molecule has 0 radical (unpaired) electrons. The topological polar surface area (TPSA) is 62.1 Å². The van der Waals surface area contributed by atoms with Gasteiger partial charge in [-0.25, -0.2) is 14.6 Å². The average Bonchev–Trinajstić information content (AvgIpc) is 3.18. The molecule has 7 nitrogen and oxygen atoms in total. The maximum absolute atomic E-state index is 4.56. The summed E-state index contributed by atoms with van der Waals surface area (Å²) in [5, 5.41) is 7.46. The number of aromatic nitrogens is 4. The third-order valence-corrected chi connectivity index (χ3v) is 4.35. The van der Waals surface area contributed by atoms with E-state index in [1.54, 1.807) is 10.9 Å². The molecule has 0 aromatic carbocycles. The molecule has 0 saturated carbocycles. The Bertz CT molecular complexity index is 806. The highest BCUT2D eigenvalue weighted by molar-refractivity contribution is 5.56. The molecule has 3 aromatic rings. The summed E-state index contributed by atoms with van der Waals surface area (Å²) in [6.45, 7) is 4.26. The largest absolute Gasteiger partial charge is 0.368 e. The fourth-order valence-corrected chi connectivity index (χ4v) is 2.87. The van der Waals surface area contributed by atoms with Gasteiger partial charge in [0.15, 0.2) is 5.82 Å². The molecule has 1 N–H and O–H groups in total. The van der Waals surface area contributed by atoms with Gasteiger partial charge in [0.05, 0.1) is 11.9 Å². The second kappa shape index (κ2) is 6.90. The van der Waals surface area contributed by atoms with Crippen molar-refractivity contribution in [3.05, 3.63) is 55.0 Å². The Kier molecular flexibility index (Phi) is 4.30. The van der Waals surface area contributed by atoms with Crippen molar-refractivity contribution in [1.82, 2.24) is 24.6 Å². The Hall–Kier alpha value is -2.93. The normalized spacial score (nSPS) is 15.3. The van der Waals surface area contributed by atoms with Crippen LogP contribution in [0.2, 0.25) is 0 Å². The quantitative estimate of drug-likeness (QED) is 0.788. The first-order valence-corrected chi connectivity index (χ1v) is 8.41. The zero-order valence-electron chi connectivity index (χ0n) is 14.2. The average molecular weight is 335 g/mol. The first kappa shape index (κ1) is 15.6. The van der Waals surface area contributed by atoms with E-state index in [2.05, 4.69) is 43.3 Å². The number of piperazine rings is 1. The number of nitrogens with one attached hydrogen (secondary N) is 1. The molecule has 4 heterocycles. The molecule has 128 valence electrons. The molecule has 4 rings (SSSR count). The molecule has 0 unspecified atom stereocenters. The Morgan fingerprint density at radius 1 is 0.960 bits per heavy atom. The third kappa shape index (κ3) is 3.61. The number of hydrogen-bond acceptors (Lipinski definition) is 6. The standard InChI is InChI=1S/C18H21N7/c1-23-10-12-24(13-11-23)15-6-7-16(19-14-15)21-17-4-2-5-18(22-17)25-9-3-8-20-25/h2-9,14H,10-13H2,1H3,(H,19,21,22). The fraction of sp³-hybridized carbons (Fsp3) is 0.278. The van der Waals surface area contributed by atoms with Crippen molar-refractivity contribution in [2.75, 3.05) is 43.4 Å². The van der Waals surface area contributed by atoms with E-state index in [-0.39, 0.29) is 0 Å². The van der Waals surface area contributed by atoms with E-state index in [4.69, 9.17) is 0 Å². The summed E-state index contributed by atoms with van der Waals surface area (Å²) in [5.41, 5.74) is 1.16. The van der Waals surface area contributed by atoms with Gasteiger partial charge in [0, 0.05) is 38.6 Å². The molecule has 0 aliphatic carbocycles. The lowest BCUT2D eigenvalue weighted by Crippen LogP contribution is -2.44. The summed E-state index contributed by atoms with van der Waals surface area (Å²) in [4.78, 5) is 13.8. The number of pyridine rings is 2. The highest BCUT2D eigenvalue weighted by atomic mass is 15.3. The van der Waals surface area contributed by atoms with Gasteiger partial charge in [-0.3, -0.25) is 0 Å². The van der Waals surface area contributed by atoms with Crippen molar-refractivity contribution in [2.24, 2.45) is 0 Å². The van der Waals surface area contributed by atoms with Gasteiger partial charge in [0.25, 0.3) is 0 Å². The highest BCUT2D eigenvalue weighted by Gasteiger charge is 2.14. The van der Waals surface area contributed by atoms with Crippen molar-refractivity contribution in [3.8, 4) is 5.82 Å². The van der Waals surface area contributed by atoms with Crippen LogP contribution in [-0.4, -0.2) is 57.9 Å². The number of nitrogens with zero attached hydrogens (tertiary/aromatic N) is 6. The van der Waals surface area contributed by atoms with Crippen molar-refractivity contribution in [3.63, 3.8) is 0 Å². The van der Waals surface area contributed by atoms with Crippen LogP contribution >= 0.6 is 0 Å². The van der Waals surface area contributed by atoms with Crippen molar-refractivity contribution < 1.29 is 0 Å². The zero-order chi connectivity index (χ0) is 17.1. The molecule has 3 aromatic heterocycles. The molecular formula is C18H21N7. The van der Waals surface area contributed by atoms with Gasteiger partial charge in [-0.05, 0) is 37.4 Å². The SMILES string of the molecule is CN1CCN(c2ccc(Nc3cccc(-n4cccn4)n3)nc2)CC1. The van der Waals surface area contributed by atoms with Crippen LogP contribution in [0.5, 0.6) is 0 Å². The summed E-state index contributed by atoms with van der Waals surface area (Å²) < 4.78 is 1.73. The Morgan fingerprint density at radius 2 is 1.84 bits per heavy atom. The number of hydrogen-bond donors (Lipinski definition) is 1. The maximum atomic E-state index is 4.56. The first-order chi connectivity index (χ1) is 12.3. The first-order valence-electron chi connectivity index (χ1n) is 8.41. The lowest BCUT2D eigenvalue weighted by Gasteiger charge is -2.33. The van der Waals surface area contributed by atoms with Crippen LogP contribution in [0.25, 0.3) is 5.82 Å². The van der Waals surface area contributed by atoms with Gasteiger partial charge in [-0.15, -0.1) is 0 Å². The second-order valence-electron chi connectivity index (χ2n) is 6.15. The molecule has 7 heteroatoms. The van der Waals surface area contributed by atoms with E-state index in [9.17, 15) is 0 Å². The molecular weight excluding hydrogens is 314 g/mol. The summed E-state index contributed by atoms with van der Waals surface area (Å²) in [6.07, 6.45) is 5.53. The number of rotatable bonds is 4. The predicted molar refractivity (Wildman–Crippen MR) is 98.6 cm³/mol. The number of anilines is 3. The molecule has 1 fully saturated rings. The number of likely N-dealkylation sites (N-methyl/N-ethyl adjacent to an activating group) is 1. The van der Waals surface area contributed by atoms with Gasteiger partial charge < -0.3 is 15.1 Å². The van der Waals surface area contributed by atoms with Crippen molar-refractivity contribution >= 4 is 17.3 Å². The van der Waals surface area contributed by atoms with Crippen LogP contribution < -0.4 is 10.2 Å². The Balaban J connectivity index is 1.45. The molecule has 1 aliphatic rings. The van der Waals surface area contributed by atoms with Crippen LogP contribution in [0.3, 0.4) is 0 Å². The van der Waals surface area contributed by atoms with Gasteiger partial charge in [0.2, 0.25) is 0 Å². The van der Waals surface area contributed by atoms with Crippen LogP contribution in [-0.2, 0) is 0 Å². The molecule has 1 saturated heterocycles. The second-order valence-corrected chi connectivity index (χ2v) is 6.15. The highest BCUT2D eigenvalue weighted by Crippen LogP contribution is 2.19. The van der Waals surface area contributed by atoms with Crippen LogP contribution in [0.15, 0.2) is 55.0 Å². The smallest absolute Gasteiger partial charge is 0.155 e. The van der Waals surface area contributed by atoms with E-state index in [0.29, 0.717) is 0 Å². The summed E-state index contributed by atoms with van der Waals surface area (Å²) in [5.74, 6) is 2.29. The summed E-state index contributed by atoms with van der Waals surface area (Å²) in [7, 11) is 2.16. The molecule has 0 atom stereocenters. The van der Waals surface area contributed by atoms with Gasteiger partial charge in [0.1, 0.15) is 11.6 Å². The van der Waals surface area contributed by atoms with Gasteiger partial charge in [-0.1, -0.05) is 6.07 Å². The Labute approximate surface area is 146 Å². The summed E-state index contributed by atoms with van der Waals surface area (Å²) in [6, 6.07) is 11.8. The molecule has 0 spiro atoms. The van der Waals surface area contributed by atoms with Crippen LogP contribution in [0, 0.1) is 0 Å². The van der Waals surface area contributed by atoms with Gasteiger partial charge in [-0.2, -0.15) is 5.10 Å². The van der Waals surface area contributed by atoms with E-state index >= 15 is 0 Å². The third-order valence-electron chi connectivity index (χ3n) is 4.35. The Morgan fingerprint density at radius 3 is 2.56 bits per heavy atom. The minimum atomic E-state index is 0.743. The van der Waals surface area contributed by atoms with E-state index in [1.165, 1.54) is 0 Å². The molecule has 0 bridgehead atoms. The lowest BCUT2D eigenvalue weighted by molar-refractivity contribution is 0.313. The lowest BCUT2D eigenvalue weighted by atomic mass is 10.3. The minimum absolute atomic E-state index is 0.743. The summed E-state index contributed by atoms with van der Waals surface area (Å²) >= 11 is 0. The zero-order valence-corrected chi connectivity index (χ0v) is 14.2. The molecule has 25 heavy (non-hydrogen) atoms. The molecule has 1 aliphatic heterocycles. The van der Waals surface area contributed by atoms with Crippen LogP contribution in [0.1, 0.15) is 0 Å². The van der Waals surface area contributed by atoms with Crippen LogP contribution in [0.4, 0.5) is 17.3 Å².